The third-order valence-electron chi connectivity index (χ3n) is 4.88. The highest BCUT2D eigenvalue weighted by Crippen LogP contribution is 2.35. The fourth-order valence-corrected chi connectivity index (χ4v) is 5.57. The van der Waals surface area contributed by atoms with Gasteiger partial charge in [0.15, 0.2) is 0 Å². The molecular weight excluding hydrogens is 460 g/mol. The fourth-order valence-electron chi connectivity index (χ4n) is 3.33. The van der Waals surface area contributed by atoms with Gasteiger partial charge in [0.2, 0.25) is 0 Å². The molecule has 1 amide bonds. The minimum Gasteiger partial charge on any atom is -0.266 e. The van der Waals surface area contributed by atoms with E-state index in [-0.39, 0.29) is 5.91 Å². The molecule has 0 saturated heterocycles. The number of halogens is 1. The first-order valence-electron chi connectivity index (χ1n) is 9.81. The maximum atomic E-state index is 12.7. The smallest absolute Gasteiger partial charge is 0.266 e. The van der Waals surface area contributed by atoms with Crippen LogP contribution < -0.4 is 5.43 Å². The van der Waals surface area contributed by atoms with Crippen molar-refractivity contribution in [2.24, 2.45) is 5.10 Å². The number of amides is 1. The second-order valence-electron chi connectivity index (χ2n) is 7.13. The van der Waals surface area contributed by atoms with Crippen LogP contribution in [-0.2, 0) is 0 Å². The Hall–Kier alpha value is -3.26. The molecule has 8 heteroatoms. The largest absolute Gasteiger partial charge is 0.283 e. The molecule has 5 aromatic rings. The predicted octanol–water partition coefficient (Wildman–Crippen LogP) is 6.54. The normalized spacial score (nSPS) is 11.4. The molecule has 0 spiro atoms. The number of carbonyl (C=O) groups is 1. The molecule has 0 aliphatic heterocycles. The van der Waals surface area contributed by atoms with Crippen LogP contribution in [-0.4, -0.2) is 21.9 Å². The number of nitrogens with one attached hydrogen (secondary N) is 1. The Morgan fingerprint density at radius 2 is 2.00 bits per heavy atom. The third kappa shape index (κ3) is 3.98. The van der Waals surface area contributed by atoms with E-state index in [1.54, 1.807) is 17.6 Å². The number of aryl methyl sites for hydroxylation is 1. The second kappa shape index (κ2) is 8.70. The van der Waals surface area contributed by atoms with Crippen molar-refractivity contribution in [1.29, 1.82) is 0 Å². The van der Waals surface area contributed by atoms with Crippen LogP contribution in [0.5, 0.6) is 0 Å². The van der Waals surface area contributed by atoms with E-state index in [9.17, 15) is 4.79 Å². The van der Waals surface area contributed by atoms with Crippen LogP contribution in [0.15, 0.2) is 77.3 Å². The number of rotatable bonds is 5. The van der Waals surface area contributed by atoms with E-state index >= 15 is 0 Å². The van der Waals surface area contributed by atoms with E-state index in [1.165, 1.54) is 11.3 Å². The number of aromatic nitrogens is 2. The molecule has 0 unspecified atom stereocenters. The van der Waals surface area contributed by atoms with E-state index in [1.807, 2.05) is 83.8 Å². The van der Waals surface area contributed by atoms with E-state index in [2.05, 4.69) is 10.5 Å². The highest BCUT2D eigenvalue weighted by atomic mass is 35.5. The van der Waals surface area contributed by atoms with E-state index in [0.29, 0.717) is 9.90 Å². The topological polar surface area (TPSA) is 59.3 Å². The van der Waals surface area contributed by atoms with Gasteiger partial charge in [-0.25, -0.2) is 10.1 Å². The number of carbonyl (C=O) groups excluding carboxylic acids is 1. The summed E-state index contributed by atoms with van der Waals surface area (Å²) < 4.78 is 2.79. The first-order valence-corrected chi connectivity index (χ1v) is 11.9. The number of nitrogens with zero attached hydrogens (tertiary/aromatic N) is 3. The van der Waals surface area contributed by atoms with Gasteiger partial charge in [0, 0.05) is 21.8 Å². The first kappa shape index (κ1) is 20.6. The molecular formula is C24H17ClN4OS2. The standard InChI is InChI=1S/C24H17ClN4OS2/c1-15-9-10-18-20(12-15)32-23(21(18)25)24(30)27-26-13-16-14-29(17-6-3-2-4-7-17)28-22(16)19-8-5-11-31-19/h2-14H,1H3,(H,27,30). The molecule has 0 atom stereocenters. The van der Waals surface area contributed by atoms with Gasteiger partial charge in [0.1, 0.15) is 10.6 Å². The predicted molar refractivity (Wildman–Crippen MR) is 134 cm³/mol. The van der Waals surface area contributed by atoms with Crippen molar-refractivity contribution in [3.05, 3.63) is 93.3 Å². The molecule has 5 rings (SSSR count). The van der Waals surface area contributed by atoms with E-state index in [0.717, 1.165) is 37.5 Å². The molecule has 0 aliphatic rings. The van der Waals surface area contributed by atoms with Crippen molar-refractivity contribution in [2.75, 3.05) is 0 Å². The Labute approximate surface area is 197 Å². The summed E-state index contributed by atoms with van der Waals surface area (Å²) in [7, 11) is 0. The Kier molecular flexibility index (Phi) is 5.61. The lowest BCUT2D eigenvalue weighted by Gasteiger charge is -1.98. The van der Waals surface area contributed by atoms with Crippen LogP contribution in [0.4, 0.5) is 0 Å². The lowest BCUT2D eigenvalue weighted by molar-refractivity contribution is 0.0959. The van der Waals surface area contributed by atoms with Gasteiger partial charge >= 0.3 is 0 Å². The molecule has 0 aliphatic carbocycles. The Bertz CT molecular complexity index is 1440. The fraction of sp³-hybridized carbons (Fsp3) is 0.0417. The number of fused-ring (bicyclic) bond motifs is 1. The van der Waals surface area contributed by atoms with Crippen molar-refractivity contribution >= 4 is 56.5 Å². The van der Waals surface area contributed by atoms with Gasteiger partial charge in [0.25, 0.3) is 5.91 Å². The minimum absolute atomic E-state index is 0.335. The molecule has 3 aromatic heterocycles. The van der Waals surface area contributed by atoms with Crippen LogP contribution in [0.25, 0.3) is 26.3 Å². The summed E-state index contributed by atoms with van der Waals surface area (Å²) in [5.41, 5.74) is 6.28. The molecule has 0 saturated carbocycles. The molecule has 158 valence electrons. The van der Waals surface area contributed by atoms with Crippen LogP contribution >= 0.6 is 34.3 Å². The van der Waals surface area contributed by atoms with Crippen molar-refractivity contribution < 1.29 is 4.79 Å². The maximum Gasteiger partial charge on any atom is 0.283 e. The average molecular weight is 477 g/mol. The van der Waals surface area contributed by atoms with Gasteiger partial charge in [-0.15, -0.1) is 22.7 Å². The van der Waals surface area contributed by atoms with Crippen LogP contribution in [0.3, 0.4) is 0 Å². The van der Waals surface area contributed by atoms with E-state index < -0.39 is 0 Å². The summed E-state index contributed by atoms with van der Waals surface area (Å²) in [6.07, 6.45) is 3.51. The zero-order chi connectivity index (χ0) is 22.1. The van der Waals surface area contributed by atoms with Gasteiger partial charge in [-0.1, -0.05) is 48.0 Å². The Balaban J connectivity index is 1.42. The zero-order valence-electron chi connectivity index (χ0n) is 16.9. The highest BCUT2D eigenvalue weighted by Gasteiger charge is 2.17. The van der Waals surface area contributed by atoms with Crippen LogP contribution in [0.2, 0.25) is 5.02 Å². The van der Waals surface area contributed by atoms with Gasteiger partial charge in [-0.3, -0.25) is 4.79 Å². The summed E-state index contributed by atoms with van der Waals surface area (Å²) in [6, 6.07) is 19.8. The number of hydrogen-bond donors (Lipinski definition) is 1. The highest BCUT2D eigenvalue weighted by molar-refractivity contribution is 7.21. The van der Waals surface area contributed by atoms with Crippen LogP contribution in [0.1, 0.15) is 20.8 Å². The van der Waals surface area contributed by atoms with Crippen molar-refractivity contribution in [2.45, 2.75) is 6.92 Å². The SMILES string of the molecule is Cc1ccc2c(Cl)c(C(=O)NN=Cc3cn(-c4ccccc4)nc3-c3cccs3)sc2c1. The Morgan fingerprint density at radius 1 is 1.16 bits per heavy atom. The molecule has 1 N–H and O–H groups in total. The molecule has 32 heavy (non-hydrogen) atoms. The van der Waals surface area contributed by atoms with Gasteiger partial charge in [-0.2, -0.15) is 10.2 Å². The third-order valence-corrected chi connectivity index (χ3v) is 7.41. The quantitative estimate of drug-likeness (QED) is 0.231. The summed E-state index contributed by atoms with van der Waals surface area (Å²) >= 11 is 9.41. The molecule has 3 heterocycles. The lowest BCUT2D eigenvalue weighted by Crippen LogP contribution is -2.16. The number of benzene rings is 2. The maximum absolute atomic E-state index is 12.7. The number of hydrogen-bond acceptors (Lipinski definition) is 5. The van der Waals surface area contributed by atoms with Gasteiger partial charge in [0.05, 0.1) is 21.8 Å². The number of thiophene rings is 2. The molecule has 0 radical (unpaired) electrons. The molecule has 5 nitrogen and oxygen atoms in total. The molecule has 0 fully saturated rings. The average Bonchev–Trinajstić information content (AvgIpc) is 3.53. The first-order chi connectivity index (χ1) is 15.6. The second-order valence-corrected chi connectivity index (χ2v) is 9.51. The summed E-state index contributed by atoms with van der Waals surface area (Å²) in [5, 5.41) is 12.3. The van der Waals surface area contributed by atoms with Gasteiger partial charge in [-0.05, 0) is 42.1 Å². The monoisotopic (exact) mass is 476 g/mol. The van der Waals surface area contributed by atoms with Gasteiger partial charge < -0.3 is 0 Å². The zero-order valence-corrected chi connectivity index (χ0v) is 19.3. The van der Waals surface area contributed by atoms with Crippen molar-refractivity contribution in [3.8, 4) is 16.3 Å². The Morgan fingerprint density at radius 3 is 2.78 bits per heavy atom. The van der Waals surface area contributed by atoms with Crippen molar-refractivity contribution in [3.63, 3.8) is 0 Å². The number of para-hydroxylation sites is 1. The minimum atomic E-state index is -0.335. The molecule has 0 bridgehead atoms. The lowest BCUT2D eigenvalue weighted by atomic mass is 10.2. The summed E-state index contributed by atoms with van der Waals surface area (Å²) in [6.45, 7) is 2.01. The van der Waals surface area contributed by atoms with Crippen LogP contribution in [0, 0.1) is 6.92 Å². The van der Waals surface area contributed by atoms with Crippen molar-refractivity contribution in [1.82, 2.24) is 15.2 Å². The molecule has 2 aromatic carbocycles. The summed E-state index contributed by atoms with van der Waals surface area (Å²) in [5.74, 6) is -0.335. The summed E-state index contributed by atoms with van der Waals surface area (Å²) in [4.78, 5) is 14.2. The number of hydrazone groups is 1. The van der Waals surface area contributed by atoms with E-state index in [4.69, 9.17) is 16.7 Å².